The van der Waals surface area contributed by atoms with E-state index in [4.69, 9.17) is 0 Å². The summed E-state index contributed by atoms with van der Waals surface area (Å²) in [6.07, 6.45) is 4.76. The van der Waals surface area contributed by atoms with Gasteiger partial charge < -0.3 is 4.90 Å². The van der Waals surface area contributed by atoms with E-state index >= 15 is 0 Å². The van der Waals surface area contributed by atoms with Crippen LogP contribution in [0.1, 0.15) is 12.8 Å². The van der Waals surface area contributed by atoms with E-state index in [1.807, 2.05) is 6.20 Å². The van der Waals surface area contributed by atoms with Crippen molar-refractivity contribution in [1.29, 1.82) is 0 Å². The minimum Gasteiger partial charge on any atom is -0.353 e. The summed E-state index contributed by atoms with van der Waals surface area (Å²) in [5, 5.41) is 0. The Kier molecular flexibility index (Phi) is 3.91. The van der Waals surface area contributed by atoms with Crippen molar-refractivity contribution < 1.29 is 0 Å². The predicted octanol–water partition coefficient (Wildman–Crippen LogP) is 3.14. The molecule has 0 aromatic carbocycles. The second-order valence-corrected chi connectivity index (χ2v) is 6.96. The maximum atomic E-state index is 4.51. The van der Waals surface area contributed by atoms with E-state index in [1.54, 1.807) is 0 Å². The molecule has 1 aliphatic heterocycles. The third-order valence-electron chi connectivity index (χ3n) is 3.67. The molecule has 0 atom stereocenters. The van der Waals surface area contributed by atoms with Gasteiger partial charge in [0.25, 0.3) is 0 Å². The standard InChI is InChI=1S/C13H17Br2N3/c14-11-7-12(15)13(16-8-11)18-5-3-17(4-6-18)9-10-1-2-10/h7-8,10H,1-6,9H2. The summed E-state index contributed by atoms with van der Waals surface area (Å²) in [4.78, 5) is 9.49. The topological polar surface area (TPSA) is 19.4 Å². The molecule has 98 valence electrons. The number of pyridine rings is 1. The molecular formula is C13H17Br2N3. The van der Waals surface area contributed by atoms with Crippen LogP contribution in [0, 0.1) is 5.92 Å². The van der Waals surface area contributed by atoms with E-state index in [0.717, 1.165) is 33.8 Å². The van der Waals surface area contributed by atoms with Crippen LogP contribution < -0.4 is 4.90 Å². The fourth-order valence-corrected chi connectivity index (χ4v) is 3.69. The Balaban J connectivity index is 1.60. The molecule has 0 unspecified atom stereocenters. The van der Waals surface area contributed by atoms with Crippen molar-refractivity contribution in [2.24, 2.45) is 5.92 Å². The van der Waals surface area contributed by atoms with Crippen LogP contribution >= 0.6 is 31.9 Å². The molecule has 18 heavy (non-hydrogen) atoms. The van der Waals surface area contributed by atoms with Crippen molar-refractivity contribution in [3.63, 3.8) is 0 Å². The zero-order valence-corrected chi connectivity index (χ0v) is 13.5. The minimum absolute atomic E-state index is 0.995. The minimum atomic E-state index is 0.995. The molecule has 0 radical (unpaired) electrons. The van der Waals surface area contributed by atoms with E-state index in [-0.39, 0.29) is 0 Å². The highest BCUT2D eigenvalue weighted by molar-refractivity contribution is 9.11. The number of rotatable bonds is 3. The molecule has 0 amide bonds. The van der Waals surface area contributed by atoms with E-state index < -0.39 is 0 Å². The fraction of sp³-hybridized carbons (Fsp3) is 0.615. The SMILES string of the molecule is Brc1cnc(N2CCN(CC3CC3)CC2)c(Br)c1. The molecule has 2 aliphatic rings. The van der Waals surface area contributed by atoms with Gasteiger partial charge in [-0.15, -0.1) is 0 Å². The smallest absolute Gasteiger partial charge is 0.143 e. The van der Waals surface area contributed by atoms with Crippen LogP contribution in [0.25, 0.3) is 0 Å². The number of halogens is 2. The van der Waals surface area contributed by atoms with Gasteiger partial charge in [0.2, 0.25) is 0 Å². The van der Waals surface area contributed by atoms with Crippen molar-refractivity contribution in [3.8, 4) is 0 Å². The molecule has 0 bridgehead atoms. The molecule has 0 spiro atoms. The first-order valence-electron chi connectivity index (χ1n) is 6.51. The lowest BCUT2D eigenvalue weighted by atomic mass is 10.2. The normalized spacial score (nSPS) is 21.3. The zero-order valence-electron chi connectivity index (χ0n) is 10.3. The van der Waals surface area contributed by atoms with Crippen molar-refractivity contribution in [1.82, 2.24) is 9.88 Å². The summed E-state index contributed by atoms with van der Waals surface area (Å²) >= 11 is 7.04. The number of piperazine rings is 1. The van der Waals surface area contributed by atoms with E-state index in [9.17, 15) is 0 Å². The lowest BCUT2D eigenvalue weighted by molar-refractivity contribution is 0.247. The summed E-state index contributed by atoms with van der Waals surface area (Å²) in [6, 6.07) is 2.07. The van der Waals surface area contributed by atoms with Crippen LogP contribution in [0.5, 0.6) is 0 Å². The predicted molar refractivity (Wildman–Crippen MR) is 81.0 cm³/mol. The molecule has 1 aromatic heterocycles. The van der Waals surface area contributed by atoms with E-state index in [1.165, 1.54) is 32.5 Å². The van der Waals surface area contributed by atoms with Gasteiger partial charge in [-0.3, -0.25) is 4.90 Å². The number of nitrogens with zero attached hydrogens (tertiary/aromatic N) is 3. The van der Waals surface area contributed by atoms with Crippen LogP contribution in [0.3, 0.4) is 0 Å². The maximum absolute atomic E-state index is 4.51. The van der Waals surface area contributed by atoms with Gasteiger partial charge in [-0.25, -0.2) is 4.98 Å². The number of aromatic nitrogens is 1. The zero-order chi connectivity index (χ0) is 12.5. The van der Waals surface area contributed by atoms with Gasteiger partial charge in [0.15, 0.2) is 0 Å². The van der Waals surface area contributed by atoms with Gasteiger partial charge in [0.1, 0.15) is 5.82 Å². The van der Waals surface area contributed by atoms with Crippen molar-refractivity contribution in [2.75, 3.05) is 37.6 Å². The summed E-state index contributed by atoms with van der Waals surface area (Å²) < 4.78 is 2.10. The van der Waals surface area contributed by atoms with Gasteiger partial charge in [0.05, 0.1) is 4.47 Å². The van der Waals surface area contributed by atoms with Crippen LogP contribution in [0.4, 0.5) is 5.82 Å². The fourth-order valence-electron chi connectivity index (χ4n) is 2.45. The molecule has 0 N–H and O–H groups in total. The molecule has 1 aliphatic carbocycles. The third kappa shape index (κ3) is 3.06. The van der Waals surface area contributed by atoms with E-state index in [2.05, 4.69) is 52.7 Å². The van der Waals surface area contributed by atoms with Gasteiger partial charge in [-0.2, -0.15) is 0 Å². The molecule has 2 heterocycles. The Labute approximate surface area is 125 Å². The van der Waals surface area contributed by atoms with Gasteiger partial charge >= 0.3 is 0 Å². The number of anilines is 1. The highest BCUT2D eigenvalue weighted by atomic mass is 79.9. The summed E-state index contributed by atoms with van der Waals surface area (Å²) in [7, 11) is 0. The van der Waals surface area contributed by atoms with Crippen molar-refractivity contribution in [3.05, 3.63) is 21.2 Å². The molecule has 5 heteroatoms. The maximum Gasteiger partial charge on any atom is 0.143 e. The van der Waals surface area contributed by atoms with Gasteiger partial charge in [-0.1, -0.05) is 0 Å². The van der Waals surface area contributed by atoms with Crippen LogP contribution in [0.15, 0.2) is 21.2 Å². The van der Waals surface area contributed by atoms with Crippen molar-refractivity contribution >= 4 is 37.7 Å². The molecule has 1 saturated carbocycles. The Hall–Kier alpha value is -0.130. The molecule has 2 fully saturated rings. The summed E-state index contributed by atoms with van der Waals surface area (Å²) in [5.74, 6) is 2.07. The second-order valence-electron chi connectivity index (χ2n) is 5.19. The molecule has 3 rings (SSSR count). The first kappa shape index (κ1) is 12.9. The first-order valence-corrected chi connectivity index (χ1v) is 8.09. The summed E-state index contributed by atoms with van der Waals surface area (Å²) in [6.45, 7) is 5.81. The highest BCUT2D eigenvalue weighted by Gasteiger charge is 2.27. The van der Waals surface area contributed by atoms with Gasteiger partial charge in [0, 0.05) is 43.4 Å². The average molecular weight is 375 g/mol. The first-order chi connectivity index (χ1) is 8.72. The average Bonchev–Trinajstić information content (AvgIpc) is 3.15. The van der Waals surface area contributed by atoms with Gasteiger partial charge in [-0.05, 0) is 56.7 Å². The largest absolute Gasteiger partial charge is 0.353 e. The highest BCUT2D eigenvalue weighted by Crippen LogP contribution is 2.31. The second kappa shape index (κ2) is 5.47. The Morgan fingerprint density at radius 3 is 2.50 bits per heavy atom. The Morgan fingerprint density at radius 2 is 1.89 bits per heavy atom. The Bertz CT molecular complexity index is 426. The van der Waals surface area contributed by atoms with Crippen molar-refractivity contribution in [2.45, 2.75) is 12.8 Å². The quantitative estimate of drug-likeness (QED) is 0.810. The summed E-state index contributed by atoms with van der Waals surface area (Å²) in [5.41, 5.74) is 0. The lowest BCUT2D eigenvalue weighted by Gasteiger charge is -2.35. The Morgan fingerprint density at radius 1 is 1.17 bits per heavy atom. The number of hydrogen-bond donors (Lipinski definition) is 0. The van der Waals surface area contributed by atoms with E-state index in [0.29, 0.717) is 0 Å². The molecule has 1 aromatic rings. The number of hydrogen-bond acceptors (Lipinski definition) is 3. The van der Waals surface area contributed by atoms with Crippen LogP contribution in [-0.4, -0.2) is 42.6 Å². The molecule has 3 nitrogen and oxygen atoms in total. The monoisotopic (exact) mass is 373 g/mol. The van der Waals surface area contributed by atoms with Crippen LogP contribution in [0.2, 0.25) is 0 Å². The molecular weight excluding hydrogens is 358 g/mol. The van der Waals surface area contributed by atoms with Crippen LogP contribution in [-0.2, 0) is 0 Å². The third-order valence-corrected chi connectivity index (χ3v) is 4.69. The molecule has 1 saturated heterocycles. The lowest BCUT2D eigenvalue weighted by Crippen LogP contribution is -2.47.